The van der Waals surface area contributed by atoms with Crippen LogP contribution < -0.4 is 5.32 Å². The zero-order chi connectivity index (χ0) is 8.81. The van der Waals surface area contributed by atoms with Gasteiger partial charge < -0.3 is 5.32 Å². The van der Waals surface area contributed by atoms with Gasteiger partial charge in [-0.3, -0.25) is 0 Å². The van der Waals surface area contributed by atoms with Gasteiger partial charge in [-0.15, -0.1) is 5.92 Å². The van der Waals surface area contributed by atoms with Crippen LogP contribution in [0.1, 0.15) is 39.5 Å². The van der Waals surface area contributed by atoms with E-state index in [4.69, 9.17) is 0 Å². The van der Waals surface area contributed by atoms with Crippen molar-refractivity contribution in [2.45, 2.75) is 45.6 Å². The molecule has 0 radical (unpaired) electrons. The van der Waals surface area contributed by atoms with Crippen molar-refractivity contribution in [3.8, 4) is 11.8 Å². The van der Waals surface area contributed by atoms with Crippen molar-refractivity contribution < 1.29 is 0 Å². The van der Waals surface area contributed by atoms with Gasteiger partial charge in [-0.25, -0.2) is 0 Å². The number of rotatable bonds is 5. The van der Waals surface area contributed by atoms with E-state index in [0.29, 0.717) is 6.04 Å². The van der Waals surface area contributed by atoms with Crippen molar-refractivity contribution >= 4 is 0 Å². The highest BCUT2D eigenvalue weighted by Gasteiger charge is 2.24. The van der Waals surface area contributed by atoms with Crippen LogP contribution in [0, 0.1) is 17.8 Å². The molecule has 1 atom stereocenters. The molecule has 0 aliphatic heterocycles. The maximum absolute atomic E-state index is 3.47. The van der Waals surface area contributed by atoms with Crippen LogP contribution in [0.25, 0.3) is 0 Å². The van der Waals surface area contributed by atoms with E-state index in [9.17, 15) is 0 Å². The lowest BCUT2D eigenvalue weighted by Crippen LogP contribution is -2.29. The number of hydrogen-bond donors (Lipinski definition) is 1. The molecule has 0 aromatic heterocycles. The molecule has 0 amide bonds. The van der Waals surface area contributed by atoms with Gasteiger partial charge >= 0.3 is 0 Å². The van der Waals surface area contributed by atoms with Crippen molar-refractivity contribution in [3.05, 3.63) is 0 Å². The van der Waals surface area contributed by atoms with Gasteiger partial charge in [0.1, 0.15) is 0 Å². The van der Waals surface area contributed by atoms with E-state index < -0.39 is 0 Å². The summed E-state index contributed by atoms with van der Waals surface area (Å²) in [6.07, 6.45) is 5.51. The Bertz CT molecular complexity index is 171. The minimum absolute atomic E-state index is 0.707. The highest BCUT2D eigenvalue weighted by Crippen LogP contribution is 2.33. The monoisotopic (exact) mass is 165 g/mol. The molecule has 1 aliphatic rings. The molecule has 0 bridgehead atoms. The molecular formula is C11H19N. The molecule has 1 unspecified atom stereocenters. The highest BCUT2D eigenvalue weighted by molar-refractivity contribution is 4.97. The van der Waals surface area contributed by atoms with Crippen LogP contribution >= 0.6 is 0 Å². The minimum Gasteiger partial charge on any atom is -0.303 e. The predicted molar refractivity (Wildman–Crippen MR) is 52.9 cm³/mol. The van der Waals surface area contributed by atoms with Crippen molar-refractivity contribution in [2.75, 3.05) is 6.54 Å². The first-order chi connectivity index (χ1) is 5.86. The average Bonchev–Trinajstić information content (AvgIpc) is 2.87. The van der Waals surface area contributed by atoms with E-state index >= 15 is 0 Å². The molecule has 1 fully saturated rings. The van der Waals surface area contributed by atoms with Crippen LogP contribution in [0.4, 0.5) is 0 Å². The second-order valence-corrected chi connectivity index (χ2v) is 3.59. The first-order valence-corrected chi connectivity index (χ1v) is 4.99. The van der Waals surface area contributed by atoms with E-state index in [1.54, 1.807) is 0 Å². The molecule has 1 rings (SSSR count). The third-order valence-corrected chi connectivity index (χ3v) is 2.46. The molecule has 1 nitrogen and oxygen atoms in total. The zero-order valence-corrected chi connectivity index (χ0v) is 8.19. The van der Waals surface area contributed by atoms with E-state index in [1.165, 1.54) is 25.7 Å². The number of hydrogen-bond acceptors (Lipinski definition) is 1. The molecule has 0 heterocycles. The van der Waals surface area contributed by atoms with Gasteiger partial charge in [0, 0.05) is 6.04 Å². The standard InChI is InChI=1S/C11H19N/c1-3-5-8-12-11(4-2)9-10-6-7-10/h10-12H,4,6-9H2,1-2H3. The Labute approximate surface area is 75.9 Å². The van der Waals surface area contributed by atoms with Gasteiger partial charge in [-0.05, 0) is 25.7 Å². The predicted octanol–water partition coefficient (Wildman–Crippen LogP) is 2.18. The smallest absolute Gasteiger partial charge is 0.0578 e. The van der Waals surface area contributed by atoms with Crippen LogP contribution in [0.5, 0.6) is 0 Å². The molecule has 1 N–H and O–H groups in total. The fourth-order valence-electron chi connectivity index (χ4n) is 1.43. The average molecular weight is 165 g/mol. The van der Waals surface area contributed by atoms with Crippen LogP contribution in [-0.2, 0) is 0 Å². The Kier molecular flexibility index (Phi) is 4.18. The Hall–Kier alpha value is -0.480. The maximum atomic E-state index is 3.47. The van der Waals surface area contributed by atoms with Crippen LogP contribution in [0.15, 0.2) is 0 Å². The van der Waals surface area contributed by atoms with Gasteiger partial charge in [0.2, 0.25) is 0 Å². The van der Waals surface area contributed by atoms with E-state index in [-0.39, 0.29) is 0 Å². The normalized spacial score (nSPS) is 18.2. The summed E-state index contributed by atoms with van der Waals surface area (Å²) in [6.45, 7) is 5.00. The Balaban J connectivity index is 2.09. The van der Waals surface area contributed by atoms with E-state index in [0.717, 1.165) is 12.5 Å². The van der Waals surface area contributed by atoms with Crippen LogP contribution in [-0.4, -0.2) is 12.6 Å². The molecule has 0 aromatic rings. The molecule has 1 heteroatoms. The first kappa shape index (κ1) is 9.61. The molecule has 1 aliphatic carbocycles. The van der Waals surface area contributed by atoms with Crippen molar-refractivity contribution in [2.24, 2.45) is 5.92 Å². The fourth-order valence-corrected chi connectivity index (χ4v) is 1.43. The summed E-state index contributed by atoms with van der Waals surface area (Å²) in [5, 5.41) is 3.47. The van der Waals surface area contributed by atoms with E-state index in [2.05, 4.69) is 24.1 Å². The quantitative estimate of drug-likeness (QED) is 0.616. The minimum atomic E-state index is 0.707. The molecule has 0 spiro atoms. The maximum Gasteiger partial charge on any atom is 0.0578 e. The summed E-state index contributed by atoms with van der Waals surface area (Å²) in [7, 11) is 0. The summed E-state index contributed by atoms with van der Waals surface area (Å²) in [4.78, 5) is 0. The Morgan fingerprint density at radius 3 is 2.75 bits per heavy atom. The van der Waals surface area contributed by atoms with Gasteiger partial charge in [-0.1, -0.05) is 25.7 Å². The molecule has 0 aromatic carbocycles. The second kappa shape index (κ2) is 5.22. The second-order valence-electron chi connectivity index (χ2n) is 3.59. The fraction of sp³-hybridized carbons (Fsp3) is 0.818. The van der Waals surface area contributed by atoms with Gasteiger partial charge in [0.05, 0.1) is 6.54 Å². The number of nitrogens with one attached hydrogen (secondary N) is 1. The summed E-state index contributed by atoms with van der Waals surface area (Å²) in [6, 6.07) is 0.707. The summed E-state index contributed by atoms with van der Waals surface area (Å²) >= 11 is 0. The lowest BCUT2D eigenvalue weighted by Gasteiger charge is -2.14. The third kappa shape index (κ3) is 3.78. The Morgan fingerprint density at radius 1 is 1.50 bits per heavy atom. The molecule has 0 saturated heterocycles. The first-order valence-electron chi connectivity index (χ1n) is 4.99. The zero-order valence-electron chi connectivity index (χ0n) is 8.19. The van der Waals surface area contributed by atoms with Crippen LogP contribution in [0.3, 0.4) is 0 Å². The summed E-state index contributed by atoms with van der Waals surface area (Å²) < 4.78 is 0. The van der Waals surface area contributed by atoms with Crippen molar-refractivity contribution in [1.82, 2.24) is 5.32 Å². The largest absolute Gasteiger partial charge is 0.303 e. The van der Waals surface area contributed by atoms with Crippen molar-refractivity contribution in [3.63, 3.8) is 0 Å². The van der Waals surface area contributed by atoms with E-state index in [1.807, 2.05) is 6.92 Å². The summed E-state index contributed by atoms with van der Waals surface area (Å²) in [5.74, 6) is 6.97. The van der Waals surface area contributed by atoms with Crippen molar-refractivity contribution in [1.29, 1.82) is 0 Å². The topological polar surface area (TPSA) is 12.0 Å². The van der Waals surface area contributed by atoms with Gasteiger partial charge in [0.15, 0.2) is 0 Å². The third-order valence-electron chi connectivity index (χ3n) is 2.46. The highest BCUT2D eigenvalue weighted by atomic mass is 14.9. The summed E-state index contributed by atoms with van der Waals surface area (Å²) in [5.41, 5.74) is 0. The van der Waals surface area contributed by atoms with Gasteiger partial charge in [-0.2, -0.15) is 0 Å². The lowest BCUT2D eigenvalue weighted by atomic mass is 10.1. The van der Waals surface area contributed by atoms with Crippen LogP contribution in [0.2, 0.25) is 0 Å². The van der Waals surface area contributed by atoms with Gasteiger partial charge in [0.25, 0.3) is 0 Å². The molecular weight excluding hydrogens is 146 g/mol. The Morgan fingerprint density at radius 2 is 2.25 bits per heavy atom. The lowest BCUT2D eigenvalue weighted by molar-refractivity contribution is 0.467. The molecule has 68 valence electrons. The SMILES string of the molecule is CC#CCNC(CC)CC1CC1. The molecule has 12 heavy (non-hydrogen) atoms. The molecule has 1 saturated carbocycles.